The average Bonchev–Trinajstić information content (AvgIpc) is 3.02. The maximum Gasteiger partial charge on any atom is 0.360 e. The van der Waals surface area contributed by atoms with E-state index in [1.54, 1.807) is 14.0 Å². The van der Waals surface area contributed by atoms with Gasteiger partial charge in [0.1, 0.15) is 18.1 Å². The second kappa shape index (κ2) is 7.21. The number of carbonyl (C=O) groups is 1. The molecule has 2 aromatic carbocycles. The van der Waals surface area contributed by atoms with Crippen LogP contribution in [0.3, 0.4) is 0 Å². The van der Waals surface area contributed by atoms with Crippen molar-refractivity contribution in [2.45, 2.75) is 20.5 Å². The quantitative estimate of drug-likeness (QED) is 0.649. The van der Waals surface area contributed by atoms with Crippen molar-refractivity contribution in [3.05, 3.63) is 71.1 Å². The number of hydrogen-bond donors (Lipinski definition) is 0. The molecular weight excluding hydrogens is 318 g/mol. The molecule has 5 heteroatoms. The van der Waals surface area contributed by atoms with Crippen molar-refractivity contribution in [3.63, 3.8) is 0 Å². The van der Waals surface area contributed by atoms with E-state index in [0.717, 1.165) is 16.7 Å². The van der Waals surface area contributed by atoms with Crippen molar-refractivity contribution in [2.24, 2.45) is 0 Å². The Kier molecular flexibility index (Phi) is 4.84. The molecule has 0 unspecified atom stereocenters. The summed E-state index contributed by atoms with van der Waals surface area (Å²) in [7, 11) is 1.59. The number of oxazole rings is 1. The standard InChI is InChI=1S/C20H19NO4/c1-13-9-10-17(23-3)16(11-13)12-24-20(22)18-14(2)25-19(21-18)15-7-5-4-6-8-15/h4-11H,12H2,1-3H3. The fourth-order valence-electron chi connectivity index (χ4n) is 2.52. The van der Waals surface area contributed by atoms with Gasteiger partial charge >= 0.3 is 5.97 Å². The molecule has 0 aliphatic carbocycles. The molecule has 0 fully saturated rings. The first-order chi connectivity index (χ1) is 12.1. The number of rotatable bonds is 5. The number of ether oxygens (including phenoxy) is 2. The van der Waals surface area contributed by atoms with Crippen molar-refractivity contribution >= 4 is 5.97 Å². The summed E-state index contributed by atoms with van der Waals surface area (Å²) in [4.78, 5) is 16.7. The molecule has 0 spiro atoms. The summed E-state index contributed by atoms with van der Waals surface area (Å²) in [5, 5.41) is 0. The molecule has 1 aromatic heterocycles. The van der Waals surface area contributed by atoms with Crippen molar-refractivity contribution in [1.82, 2.24) is 4.98 Å². The predicted molar refractivity (Wildman–Crippen MR) is 93.5 cm³/mol. The fourth-order valence-corrected chi connectivity index (χ4v) is 2.52. The van der Waals surface area contributed by atoms with Gasteiger partial charge in [0.15, 0.2) is 5.69 Å². The van der Waals surface area contributed by atoms with Crippen LogP contribution in [0.1, 0.15) is 27.4 Å². The van der Waals surface area contributed by atoms with Crippen LogP contribution in [0.15, 0.2) is 52.9 Å². The van der Waals surface area contributed by atoms with E-state index < -0.39 is 5.97 Å². The number of nitrogens with zero attached hydrogens (tertiary/aromatic N) is 1. The lowest BCUT2D eigenvalue weighted by molar-refractivity contribution is 0.0462. The minimum Gasteiger partial charge on any atom is -0.496 e. The highest BCUT2D eigenvalue weighted by molar-refractivity contribution is 5.88. The Morgan fingerprint density at radius 3 is 2.60 bits per heavy atom. The highest BCUT2D eigenvalue weighted by Crippen LogP contribution is 2.24. The van der Waals surface area contributed by atoms with Crippen LogP contribution in [0.5, 0.6) is 5.75 Å². The van der Waals surface area contributed by atoms with E-state index in [4.69, 9.17) is 13.9 Å². The third kappa shape index (κ3) is 3.71. The molecule has 0 atom stereocenters. The Morgan fingerprint density at radius 1 is 1.12 bits per heavy atom. The van der Waals surface area contributed by atoms with Crippen molar-refractivity contribution in [3.8, 4) is 17.2 Å². The monoisotopic (exact) mass is 337 g/mol. The van der Waals surface area contributed by atoms with E-state index >= 15 is 0 Å². The number of aryl methyl sites for hydroxylation is 2. The molecule has 0 aliphatic heterocycles. The minimum atomic E-state index is -0.521. The molecule has 3 rings (SSSR count). The van der Waals surface area contributed by atoms with Crippen LogP contribution in [0, 0.1) is 13.8 Å². The van der Waals surface area contributed by atoms with E-state index in [1.165, 1.54) is 0 Å². The molecule has 0 saturated carbocycles. The van der Waals surface area contributed by atoms with E-state index in [1.807, 2.05) is 55.5 Å². The lowest BCUT2D eigenvalue weighted by Crippen LogP contribution is -2.08. The number of aromatic nitrogens is 1. The molecule has 25 heavy (non-hydrogen) atoms. The van der Waals surface area contributed by atoms with Gasteiger partial charge in [-0.05, 0) is 38.1 Å². The summed E-state index contributed by atoms with van der Waals surface area (Å²) >= 11 is 0. The molecule has 0 aliphatic rings. The zero-order valence-corrected chi connectivity index (χ0v) is 14.4. The smallest absolute Gasteiger partial charge is 0.360 e. The van der Waals surface area contributed by atoms with Gasteiger partial charge in [-0.1, -0.05) is 29.8 Å². The SMILES string of the molecule is COc1ccc(C)cc1COC(=O)c1nc(-c2ccccc2)oc1C. The number of esters is 1. The van der Waals surface area contributed by atoms with Gasteiger partial charge in [-0.2, -0.15) is 0 Å². The molecule has 128 valence electrons. The van der Waals surface area contributed by atoms with Crippen LogP contribution >= 0.6 is 0 Å². The van der Waals surface area contributed by atoms with Crippen LogP contribution < -0.4 is 4.74 Å². The fraction of sp³-hybridized carbons (Fsp3) is 0.200. The summed E-state index contributed by atoms with van der Waals surface area (Å²) in [6.45, 7) is 3.78. The molecule has 0 N–H and O–H groups in total. The first-order valence-electron chi connectivity index (χ1n) is 7.92. The van der Waals surface area contributed by atoms with Gasteiger partial charge in [-0.25, -0.2) is 9.78 Å². The van der Waals surface area contributed by atoms with E-state index in [2.05, 4.69) is 4.98 Å². The molecular formula is C20H19NO4. The van der Waals surface area contributed by atoms with Gasteiger partial charge in [0.2, 0.25) is 5.89 Å². The first kappa shape index (κ1) is 16.8. The van der Waals surface area contributed by atoms with Crippen LogP contribution in [-0.4, -0.2) is 18.1 Å². The first-order valence-corrected chi connectivity index (χ1v) is 7.92. The van der Waals surface area contributed by atoms with E-state index in [0.29, 0.717) is 17.4 Å². The number of methoxy groups -OCH3 is 1. The molecule has 0 saturated heterocycles. The number of carbonyl (C=O) groups excluding carboxylic acids is 1. The Balaban J connectivity index is 1.76. The van der Waals surface area contributed by atoms with Crippen LogP contribution in [0.25, 0.3) is 11.5 Å². The van der Waals surface area contributed by atoms with Gasteiger partial charge in [-0.3, -0.25) is 0 Å². The highest BCUT2D eigenvalue weighted by Gasteiger charge is 2.20. The summed E-state index contributed by atoms with van der Waals surface area (Å²) in [6.07, 6.45) is 0. The summed E-state index contributed by atoms with van der Waals surface area (Å²) in [6, 6.07) is 15.1. The third-order valence-electron chi connectivity index (χ3n) is 3.81. The van der Waals surface area contributed by atoms with E-state index in [-0.39, 0.29) is 12.3 Å². The molecule has 0 radical (unpaired) electrons. The van der Waals surface area contributed by atoms with Crippen LogP contribution in [0.4, 0.5) is 0 Å². The van der Waals surface area contributed by atoms with Gasteiger partial charge in [0.05, 0.1) is 7.11 Å². The number of hydrogen-bond acceptors (Lipinski definition) is 5. The summed E-state index contributed by atoms with van der Waals surface area (Å²) in [5.41, 5.74) is 2.87. The average molecular weight is 337 g/mol. The Bertz CT molecular complexity index is 884. The van der Waals surface area contributed by atoms with Crippen molar-refractivity contribution in [1.29, 1.82) is 0 Å². The van der Waals surface area contributed by atoms with Crippen molar-refractivity contribution in [2.75, 3.05) is 7.11 Å². The lowest BCUT2D eigenvalue weighted by atomic mass is 10.1. The lowest BCUT2D eigenvalue weighted by Gasteiger charge is -2.09. The zero-order valence-electron chi connectivity index (χ0n) is 14.4. The third-order valence-corrected chi connectivity index (χ3v) is 3.81. The second-order valence-corrected chi connectivity index (χ2v) is 5.68. The normalized spacial score (nSPS) is 10.5. The van der Waals surface area contributed by atoms with Gasteiger partial charge in [0, 0.05) is 11.1 Å². The second-order valence-electron chi connectivity index (χ2n) is 5.68. The summed E-state index contributed by atoms with van der Waals surface area (Å²) in [5.74, 6) is 0.991. The Labute approximate surface area is 146 Å². The summed E-state index contributed by atoms with van der Waals surface area (Å²) < 4.78 is 16.3. The maximum absolute atomic E-state index is 12.4. The molecule has 5 nitrogen and oxygen atoms in total. The Hall–Kier alpha value is -3.08. The Morgan fingerprint density at radius 2 is 1.88 bits per heavy atom. The van der Waals surface area contributed by atoms with Gasteiger partial charge < -0.3 is 13.9 Å². The van der Waals surface area contributed by atoms with Crippen LogP contribution in [0.2, 0.25) is 0 Å². The number of benzene rings is 2. The zero-order chi connectivity index (χ0) is 17.8. The van der Waals surface area contributed by atoms with Gasteiger partial charge in [0.25, 0.3) is 0 Å². The molecule has 1 heterocycles. The largest absolute Gasteiger partial charge is 0.496 e. The topological polar surface area (TPSA) is 61.6 Å². The van der Waals surface area contributed by atoms with Crippen molar-refractivity contribution < 1.29 is 18.7 Å². The maximum atomic E-state index is 12.4. The van der Waals surface area contributed by atoms with E-state index in [9.17, 15) is 4.79 Å². The predicted octanol–water partition coefficient (Wildman–Crippen LogP) is 4.32. The van der Waals surface area contributed by atoms with Crippen LogP contribution in [-0.2, 0) is 11.3 Å². The highest BCUT2D eigenvalue weighted by atomic mass is 16.5. The molecule has 0 bridgehead atoms. The molecule has 3 aromatic rings. The molecule has 0 amide bonds. The van der Waals surface area contributed by atoms with Gasteiger partial charge in [-0.15, -0.1) is 0 Å². The minimum absolute atomic E-state index is 0.108.